The Kier molecular flexibility index (Phi) is 5.49. The molecule has 0 spiro atoms. The molecular formula is C22H19ClN2O4S. The number of nitrogens with zero attached hydrogens (tertiary/aromatic N) is 2. The molecule has 0 aliphatic carbocycles. The SMILES string of the molecule is COC(=O)c1ccc(Cn2c(Cc3cccc(Cl)c3)nc3sc(C)c(C)c3c2=O)o1. The first kappa shape index (κ1) is 20.4. The van der Waals surface area contributed by atoms with Crippen LogP contribution in [-0.2, 0) is 17.7 Å². The van der Waals surface area contributed by atoms with E-state index in [0.29, 0.717) is 28.4 Å². The van der Waals surface area contributed by atoms with Crippen LogP contribution in [0.4, 0.5) is 0 Å². The third-order valence-electron chi connectivity index (χ3n) is 4.98. The fraction of sp³-hybridized carbons (Fsp3) is 0.227. The van der Waals surface area contributed by atoms with Gasteiger partial charge in [-0.05, 0) is 49.2 Å². The molecule has 30 heavy (non-hydrogen) atoms. The summed E-state index contributed by atoms with van der Waals surface area (Å²) in [5.74, 6) is 0.599. The number of rotatable bonds is 5. The first-order valence-corrected chi connectivity index (χ1v) is 10.5. The molecule has 4 rings (SSSR count). The Morgan fingerprint density at radius 2 is 2.07 bits per heavy atom. The maximum Gasteiger partial charge on any atom is 0.373 e. The first-order valence-electron chi connectivity index (χ1n) is 9.28. The topological polar surface area (TPSA) is 74.3 Å². The van der Waals surface area contributed by atoms with Gasteiger partial charge in [-0.2, -0.15) is 0 Å². The van der Waals surface area contributed by atoms with Crippen LogP contribution in [0.25, 0.3) is 10.2 Å². The minimum Gasteiger partial charge on any atom is -0.463 e. The van der Waals surface area contributed by atoms with Crippen LogP contribution in [0.5, 0.6) is 0 Å². The van der Waals surface area contributed by atoms with Gasteiger partial charge in [0.25, 0.3) is 5.56 Å². The van der Waals surface area contributed by atoms with Crippen molar-refractivity contribution in [2.24, 2.45) is 0 Å². The van der Waals surface area contributed by atoms with Crippen molar-refractivity contribution in [3.63, 3.8) is 0 Å². The van der Waals surface area contributed by atoms with Crippen molar-refractivity contribution < 1.29 is 13.9 Å². The summed E-state index contributed by atoms with van der Waals surface area (Å²) in [5.41, 5.74) is 1.75. The summed E-state index contributed by atoms with van der Waals surface area (Å²) < 4.78 is 11.9. The van der Waals surface area contributed by atoms with Crippen molar-refractivity contribution >= 4 is 39.1 Å². The molecule has 1 aromatic carbocycles. The van der Waals surface area contributed by atoms with E-state index >= 15 is 0 Å². The largest absolute Gasteiger partial charge is 0.463 e. The van der Waals surface area contributed by atoms with Crippen molar-refractivity contribution in [1.29, 1.82) is 0 Å². The normalized spacial score (nSPS) is 11.2. The third kappa shape index (κ3) is 3.78. The summed E-state index contributed by atoms with van der Waals surface area (Å²) in [7, 11) is 1.29. The number of furan rings is 1. The van der Waals surface area contributed by atoms with E-state index < -0.39 is 5.97 Å². The average Bonchev–Trinajstić information content (AvgIpc) is 3.29. The molecule has 0 bridgehead atoms. The second kappa shape index (κ2) is 8.08. The van der Waals surface area contributed by atoms with E-state index in [2.05, 4.69) is 4.74 Å². The zero-order chi connectivity index (χ0) is 21.4. The predicted octanol–water partition coefficient (Wildman–Crippen LogP) is 4.75. The van der Waals surface area contributed by atoms with E-state index in [1.807, 2.05) is 32.0 Å². The molecule has 0 fully saturated rings. The number of hydrogen-bond acceptors (Lipinski definition) is 6. The summed E-state index contributed by atoms with van der Waals surface area (Å²) in [5, 5.41) is 1.24. The van der Waals surface area contributed by atoms with Crippen LogP contribution >= 0.6 is 22.9 Å². The van der Waals surface area contributed by atoms with Gasteiger partial charge in [0.05, 0.1) is 19.0 Å². The number of carbonyl (C=O) groups excluding carboxylic acids is 1. The van der Waals surface area contributed by atoms with Crippen LogP contribution in [0.1, 0.15) is 38.1 Å². The summed E-state index contributed by atoms with van der Waals surface area (Å²) in [4.78, 5) is 31.7. The lowest BCUT2D eigenvalue weighted by atomic mass is 10.1. The smallest absolute Gasteiger partial charge is 0.373 e. The van der Waals surface area contributed by atoms with Gasteiger partial charge < -0.3 is 9.15 Å². The lowest BCUT2D eigenvalue weighted by molar-refractivity contribution is 0.0563. The second-order valence-electron chi connectivity index (χ2n) is 6.95. The number of aryl methyl sites for hydroxylation is 2. The van der Waals surface area contributed by atoms with Crippen molar-refractivity contribution in [2.75, 3.05) is 7.11 Å². The number of fused-ring (bicyclic) bond motifs is 1. The van der Waals surface area contributed by atoms with E-state index in [1.165, 1.54) is 24.5 Å². The van der Waals surface area contributed by atoms with Crippen molar-refractivity contribution in [2.45, 2.75) is 26.8 Å². The molecule has 0 aliphatic rings. The van der Waals surface area contributed by atoms with E-state index in [-0.39, 0.29) is 17.9 Å². The summed E-state index contributed by atoms with van der Waals surface area (Å²) in [6.45, 7) is 4.07. The molecule has 0 amide bonds. The highest BCUT2D eigenvalue weighted by molar-refractivity contribution is 7.18. The predicted molar refractivity (Wildman–Crippen MR) is 117 cm³/mol. The number of esters is 1. The Morgan fingerprint density at radius 1 is 1.27 bits per heavy atom. The van der Waals surface area contributed by atoms with Crippen LogP contribution in [0.3, 0.4) is 0 Å². The zero-order valence-electron chi connectivity index (χ0n) is 16.7. The molecule has 3 heterocycles. The minimum absolute atomic E-state index is 0.0912. The molecule has 0 aliphatic heterocycles. The van der Waals surface area contributed by atoms with Gasteiger partial charge in [-0.15, -0.1) is 11.3 Å². The Morgan fingerprint density at radius 3 is 2.80 bits per heavy atom. The lowest BCUT2D eigenvalue weighted by Crippen LogP contribution is -2.26. The highest BCUT2D eigenvalue weighted by Crippen LogP contribution is 2.27. The number of carbonyl (C=O) groups is 1. The van der Waals surface area contributed by atoms with E-state index in [0.717, 1.165) is 20.8 Å². The quantitative estimate of drug-likeness (QED) is 0.417. The molecule has 0 atom stereocenters. The maximum absolute atomic E-state index is 13.4. The highest BCUT2D eigenvalue weighted by atomic mass is 35.5. The summed E-state index contributed by atoms with van der Waals surface area (Å²) >= 11 is 7.64. The van der Waals surface area contributed by atoms with Gasteiger partial charge in [0, 0.05) is 16.3 Å². The summed E-state index contributed by atoms with van der Waals surface area (Å²) in [6.07, 6.45) is 0.437. The Hall–Kier alpha value is -2.90. The van der Waals surface area contributed by atoms with E-state index in [1.54, 1.807) is 16.7 Å². The monoisotopic (exact) mass is 442 g/mol. The number of hydrogen-bond donors (Lipinski definition) is 0. The van der Waals surface area contributed by atoms with Crippen molar-refractivity contribution in [3.8, 4) is 0 Å². The van der Waals surface area contributed by atoms with Crippen LogP contribution in [-0.4, -0.2) is 22.6 Å². The van der Waals surface area contributed by atoms with Crippen LogP contribution in [0.15, 0.2) is 45.6 Å². The van der Waals surface area contributed by atoms with Gasteiger partial charge in [-0.25, -0.2) is 9.78 Å². The second-order valence-corrected chi connectivity index (χ2v) is 8.59. The van der Waals surface area contributed by atoms with Gasteiger partial charge in [-0.3, -0.25) is 9.36 Å². The molecule has 8 heteroatoms. The fourth-order valence-electron chi connectivity index (χ4n) is 3.33. The van der Waals surface area contributed by atoms with Crippen LogP contribution in [0, 0.1) is 13.8 Å². The Balaban J connectivity index is 1.83. The molecule has 154 valence electrons. The molecule has 3 aromatic heterocycles. The Bertz CT molecular complexity index is 1320. The molecule has 6 nitrogen and oxygen atoms in total. The number of ether oxygens (including phenoxy) is 1. The standard InChI is InChI=1S/C22H19ClN2O4S/c1-12-13(2)30-20-19(12)21(26)25(11-16-7-8-17(29-16)22(27)28-3)18(24-20)10-14-5-4-6-15(23)9-14/h4-9H,10-11H2,1-3H3. The highest BCUT2D eigenvalue weighted by Gasteiger charge is 2.19. The fourth-order valence-corrected chi connectivity index (χ4v) is 4.58. The number of thiophene rings is 1. The minimum atomic E-state index is -0.564. The number of benzene rings is 1. The number of methoxy groups -OCH3 is 1. The summed E-state index contributed by atoms with van der Waals surface area (Å²) in [6, 6.07) is 10.7. The molecule has 4 aromatic rings. The molecule has 0 saturated carbocycles. The third-order valence-corrected chi connectivity index (χ3v) is 6.32. The van der Waals surface area contributed by atoms with Gasteiger partial charge in [0.15, 0.2) is 0 Å². The van der Waals surface area contributed by atoms with Crippen LogP contribution in [0.2, 0.25) is 5.02 Å². The molecule has 0 unspecified atom stereocenters. The van der Waals surface area contributed by atoms with Crippen LogP contribution < -0.4 is 5.56 Å². The number of halogens is 1. The molecule has 0 radical (unpaired) electrons. The van der Waals surface area contributed by atoms with E-state index in [4.69, 9.17) is 21.0 Å². The average molecular weight is 443 g/mol. The first-order chi connectivity index (χ1) is 14.4. The Labute approximate surface area is 181 Å². The lowest BCUT2D eigenvalue weighted by Gasteiger charge is -2.12. The van der Waals surface area contributed by atoms with Gasteiger partial charge in [0.2, 0.25) is 5.76 Å². The van der Waals surface area contributed by atoms with Crippen molar-refractivity contribution in [3.05, 3.63) is 85.1 Å². The maximum atomic E-state index is 13.4. The zero-order valence-corrected chi connectivity index (χ0v) is 18.3. The molecule has 0 N–H and O–H groups in total. The van der Waals surface area contributed by atoms with E-state index in [9.17, 15) is 9.59 Å². The molecule has 0 saturated heterocycles. The van der Waals surface area contributed by atoms with Gasteiger partial charge in [0.1, 0.15) is 16.4 Å². The number of aromatic nitrogens is 2. The van der Waals surface area contributed by atoms with Gasteiger partial charge in [-0.1, -0.05) is 23.7 Å². The van der Waals surface area contributed by atoms with Gasteiger partial charge >= 0.3 is 5.97 Å². The molecular weight excluding hydrogens is 424 g/mol. The van der Waals surface area contributed by atoms with Crippen molar-refractivity contribution in [1.82, 2.24) is 9.55 Å².